The predicted molar refractivity (Wildman–Crippen MR) is 86.2 cm³/mol. The van der Waals surface area contributed by atoms with E-state index in [1.165, 1.54) is 0 Å². The van der Waals surface area contributed by atoms with Crippen LogP contribution in [0.4, 0.5) is 11.4 Å². The maximum Gasteiger partial charge on any atom is 0.338 e. The van der Waals surface area contributed by atoms with E-state index in [4.69, 9.17) is 16.2 Å². The smallest absolute Gasteiger partial charge is 0.338 e. The summed E-state index contributed by atoms with van der Waals surface area (Å²) in [6.07, 6.45) is 1.77. The van der Waals surface area contributed by atoms with Gasteiger partial charge in [0, 0.05) is 11.4 Å². The Bertz CT molecular complexity index is 643. The van der Waals surface area contributed by atoms with E-state index in [0.717, 1.165) is 5.56 Å². The molecule has 2 aromatic carbocycles. The third kappa shape index (κ3) is 3.86. The van der Waals surface area contributed by atoms with Gasteiger partial charge >= 0.3 is 5.97 Å². The lowest BCUT2D eigenvalue weighted by molar-refractivity contribution is -0.136. The largest absolute Gasteiger partial charge is 0.462 e. The topological polar surface area (TPSA) is 78.3 Å². The highest BCUT2D eigenvalue weighted by atomic mass is 16.5. The molecule has 0 aliphatic heterocycles. The van der Waals surface area contributed by atoms with Gasteiger partial charge in [-0.2, -0.15) is 0 Å². The van der Waals surface area contributed by atoms with Crippen molar-refractivity contribution in [3.05, 3.63) is 59.7 Å². The van der Waals surface area contributed by atoms with Gasteiger partial charge in [0.15, 0.2) is 0 Å². The summed E-state index contributed by atoms with van der Waals surface area (Å²) in [5, 5.41) is 0. The molecule has 0 aliphatic rings. The number of carbonyl (C=O) groups excluding carboxylic acids is 1. The number of ether oxygens (including phenoxy) is 1. The van der Waals surface area contributed by atoms with Gasteiger partial charge in [0.2, 0.25) is 0 Å². The number of carbonyl (C=O) groups is 1. The number of hydrogen-bond donors (Lipinski definition) is 2. The Morgan fingerprint density at radius 1 is 1.10 bits per heavy atom. The molecular formula is C17H18N2O2. The molecule has 0 heterocycles. The molecule has 0 saturated heterocycles. The van der Waals surface area contributed by atoms with Crippen LogP contribution in [0, 0.1) is 0 Å². The van der Waals surface area contributed by atoms with Crippen molar-refractivity contribution in [1.82, 2.24) is 0 Å². The Morgan fingerprint density at radius 3 is 2.29 bits per heavy atom. The molecule has 4 heteroatoms. The van der Waals surface area contributed by atoms with Crippen LogP contribution in [0.5, 0.6) is 0 Å². The predicted octanol–water partition coefficient (Wildman–Crippen LogP) is 2.95. The molecule has 0 aliphatic carbocycles. The Balaban J connectivity index is 2.50. The van der Waals surface area contributed by atoms with Crippen molar-refractivity contribution in [3.8, 4) is 0 Å². The third-order valence-corrected chi connectivity index (χ3v) is 2.89. The lowest BCUT2D eigenvalue weighted by Crippen LogP contribution is -2.07. The van der Waals surface area contributed by atoms with Crippen molar-refractivity contribution in [2.75, 3.05) is 18.1 Å². The van der Waals surface area contributed by atoms with Crippen molar-refractivity contribution >= 4 is 29.0 Å². The van der Waals surface area contributed by atoms with E-state index < -0.39 is 5.97 Å². The summed E-state index contributed by atoms with van der Waals surface area (Å²) in [4.78, 5) is 12.2. The van der Waals surface area contributed by atoms with Crippen LogP contribution >= 0.6 is 0 Å². The van der Waals surface area contributed by atoms with Crippen LogP contribution in [0.15, 0.2) is 48.5 Å². The van der Waals surface area contributed by atoms with Gasteiger partial charge in [-0.3, -0.25) is 0 Å². The van der Waals surface area contributed by atoms with Gasteiger partial charge in [0.1, 0.15) is 0 Å². The number of anilines is 2. The van der Waals surface area contributed by atoms with Crippen molar-refractivity contribution in [1.29, 1.82) is 0 Å². The van der Waals surface area contributed by atoms with Crippen LogP contribution in [0.1, 0.15) is 18.1 Å². The second-order valence-corrected chi connectivity index (χ2v) is 4.58. The summed E-state index contributed by atoms with van der Waals surface area (Å²) < 4.78 is 5.12. The monoisotopic (exact) mass is 282 g/mol. The first-order valence-electron chi connectivity index (χ1n) is 6.70. The Labute approximate surface area is 124 Å². The highest BCUT2D eigenvalue weighted by molar-refractivity contribution is 6.21. The number of nitrogen functional groups attached to an aromatic ring is 2. The highest BCUT2D eigenvalue weighted by Gasteiger charge is 2.14. The van der Waals surface area contributed by atoms with Crippen LogP contribution in [-0.4, -0.2) is 12.6 Å². The summed E-state index contributed by atoms with van der Waals surface area (Å²) in [5.41, 5.74) is 14.6. The van der Waals surface area contributed by atoms with Gasteiger partial charge in [-0.05, 0) is 42.3 Å². The summed E-state index contributed by atoms with van der Waals surface area (Å²) in [6, 6.07) is 14.6. The van der Waals surface area contributed by atoms with Gasteiger partial charge in [-0.15, -0.1) is 0 Å². The molecule has 0 spiro atoms. The maximum absolute atomic E-state index is 12.2. The molecule has 21 heavy (non-hydrogen) atoms. The van der Waals surface area contributed by atoms with Crippen LogP contribution < -0.4 is 11.5 Å². The summed E-state index contributed by atoms with van der Waals surface area (Å²) >= 11 is 0. The fraction of sp³-hybridized carbons (Fsp3) is 0.118. The first kappa shape index (κ1) is 14.7. The van der Waals surface area contributed by atoms with Crippen LogP contribution in [0.3, 0.4) is 0 Å². The standard InChI is InChI=1S/C17H18N2O2/c1-2-21-17(20)16(8-12-6-4-3-5-7-12)13-9-14(18)11-15(19)10-13/h3-11H,2,18-19H2,1H3. The third-order valence-electron chi connectivity index (χ3n) is 2.89. The van der Waals surface area contributed by atoms with Crippen LogP contribution in [0.2, 0.25) is 0 Å². The fourth-order valence-corrected chi connectivity index (χ4v) is 2.02. The zero-order valence-electron chi connectivity index (χ0n) is 11.9. The lowest BCUT2D eigenvalue weighted by atomic mass is 10.0. The van der Waals surface area contributed by atoms with Gasteiger partial charge in [-0.25, -0.2) is 4.79 Å². The molecule has 108 valence electrons. The molecule has 0 radical (unpaired) electrons. The number of hydrogen-bond acceptors (Lipinski definition) is 4. The molecule has 4 nitrogen and oxygen atoms in total. The average molecular weight is 282 g/mol. The van der Waals surface area contributed by atoms with Crippen LogP contribution in [0.25, 0.3) is 11.6 Å². The molecule has 0 saturated carbocycles. The van der Waals surface area contributed by atoms with Crippen molar-refractivity contribution < 1.29 is 9.53 Å². The second kappa shape index (κ2) is 6.61. The Morgan fingerprint density at radius 2 is 1.71 bits per heavy atom. The molecule has 2 aromatic rings. The summed E-state index contributed by atoms with van der Waals surface area (Å²) in [7, 11) is 0. The Hall–Kier alpha value is -2.75. The minimum absolute atomic E-state index is 0.308. The summed E-state index contributed by atoms with van der Waals surface area (Å²) in [5.74, 6) is -0.397. The van der Waals surface area contributed by atoms with E-state index in [0.29, 0.717) is 29.1 Å². The van der Waals surface area contributed by atoms with E-state index in [9.17, 15) is 4.79 Å². The van der Waals surface area contributed by atoms with Crippen molar-refractivity contribution in [3.63, 3.8) is 0 Å². The molecule has 0 unspecified atom stereocenters. The molecule has 2 rings (SSSR count). The molecule has 0 aromatic heterocycles. The molecule has 0 bridgehead atoms. The van der Waals surface area contributed by atoms with Crippen molar-refractivity contribution in [2.45, 2.75) is 6.92 Å². The molecule has 0 atom stereocenters. The van der Waals surface area contributed by atoms with E-state index in [2.05, 4.69) is 0 Å². The fourth-order valence-electron chi connectivity index (χ4n) is 2.02. The highest BCUT2D eigenvalue weighted by Crippen LogP contribution is 2.24. The van der Waals surface area contributed by atoms with Crippen molar-refractivity contribution in [2.24, 2.45) is 0 Å². The van der Waals surface area contributed by atoms with E-state index in [1.807, 2.05) is 30.3 Å². The molecule has 4 N–H and O–H groups in total. The van der Waals surface area contributed by atoms with Gasteiger partial charge in [-0.1, -0.05) is 30.3 Å². The lowest BCUT2D eigenvalue weighted by Gasteiger charge is -2.09. The van der Waals surface area contributed by atoms with E-state index >= 15 is 0 Å². The quantitative estimate of drug-likeness (QED) is 0.391. The first-order chi connectivity index (χ1) is 10.1. The van der Waals surface area contributed by atoms with E-state index in [-0.39, 0.29) is 0 Å². The van der Waals surface area contributed by atoms with Gasteiger partial charge in [0.25, 0.3) is 0 Å². The Kier molecular flexibility index (Phi) is 4.61. The normalized spacial score (nSPS) is 11.2. The minimum atomic E-state index is -0.397. The zero-order valence-corrected chi connectivity index (χ0v) is 11.9. The summed E-state index contributed by atoms with van der Waals surface area (Å²) in [6.45, 7) is 2.08. The molecule has 0 fully saturated rings. The molecule has 0 amide bonds. The zero-order chi connectivity index (χ0) is 15.2. The number of rotatable bonds is 4. The number of benzene rings is 2. The molecular weight excluding hydrogens is 264 g/mol. The maximum atomic E-state index is 12.2. The minimum Gasteiger partial charge on any atom is -0.462 e. The van der Waals surface area contributed by atoms with E-state index in [1.54, 1.807) is 31.2 Å². The van der Waals surface area contributed by atoms with Gasteiger partial charge in [0.05, 0.1) is 12.2 Å². The van der Waals surface area contributed by atoms with Crippen LogP contribution in [-0.2, 0) is 9.53 Å². The number of nitrogens with two attached hydrogens (primary N) is 2. The first-order valence-corrected chi connectivity index (χ1v) is 6.70. The second-order valence-electron chi connectivity index (χ2n) is 4.58. The van der Waals surface area contributed by atoms with Gasteiger partial charge < -0.3 is 16.2 Å². The SMILES string of the molecule is CCOC(=O)C(=Cc1ccccc1)c1cc(N)cc(N)c1. The average Bonchev–Trinajstić information content (AvgIpc) is 2.45. The number of esters is 1.